The van der Waals surface area contributed by atoms with Gasteiger partial charge in [-0.15, -0.1) is 0 Å². The SMILES string of the molecule is CCN(c1ccc(C#N)cc1Cl)C1CCCCC1. The molecular formula is C15H19ClN2. The predicted molar refractivity (Wildman–Crippen MR) is 76.1 cm³/mol. The van der Waals surface area contributed by atoms with Crippen molar-refractivity contribution in [3.05, 3.63) is 28.8 Å². The molecule has 2 nitrogen and oxygen atoms in total. The zero-order valence-electron chi connectivity index (χ0n) is 10.8. The van der Waals surface area contributed by atoms with E-state index in [9.17, 15) is 0 Å². The molecular weight excluding hydrogens is 244 g/mol. The third kappa shape index (κ3) is 2.79. The molecule has 0 N–H and O–H groups in total. The van der Waals surface area contributed by atoms with E-state index >= 15 is 0 Å². The summed E-state index contributed by atoms with van der Waals surface area (Å²) >= 11 is 6.31. The lowest BCUT2D eigenvalue weighted by atomic mass is 9.93. The smallest absolute Gasteiger partial charge is 0.0992 e. The van der Waals surface area contributed by atoms with Gasteiger partial charge in [-0.1, -0.05) is 30.9 Å². The summed E-state index contributed by atoms with van der Waals surface area (Å²) in [4.78, 5) is 2.39. The third-order valence-electron chi connectivity index (χ3n) is 3.74. The van der Waals surface area contributed by atoms with Crippen LogP contribution in [0.3, 0.4) is 0 Å². The van der Waals surface area contributed by atoms with Gasteiger partial charge in [0.1, 0.15) is 0 Å². The van der Waals surface area contributed by atoms with E-state index in [0.717, 1.165) is 12.2 Å². The molecule has 3 heteroatoms. The van der Waals surface area contributed by atoms with Crippen LogP contribution in [-0.2, 0) is 0 Å². The number of benzene rings is 1. The number of rotatable bonds is 3. The minimum atomic E-state index is 0.606. The second kappa shape index (κ2) is 6.11. The molecule has 0 saturated heterocycles. The minimum absolute atomic E-state index is 0.606. The van der Waals surface area contributed by atoms with Crippen molar-refractivity contribution in [2.24, 2.45) is 0 Å². The Balaban J connectivity index is 2.24. The first-order valence-corrected chi connectivity index (χ1v) is 7.10. The molecule has 96 valence electrons. The molecule has 0 unspecified atom stereocenters. The van der Waals surface area contributed by atoms with Crippen molar-refractivity contribution in [2.75, 3.05) is 11.4 Å². The Morgan fingerprint density at radius 3 is 2.61 bits per heavy atom. The largest absolute Gasteiger partial charge is 0.368 e. The number of nitrogens with zero attached hydrogens (tertiary/aromatic N) is 2. The Morgan fingerprint density at radius 1 is 1.33 bits per heavy atom. The van der Waals surface area contributed by atoms with E-state index in [0.29, 0.717) is 16.6 Å². The first kappa shape index (κ1) is 13.2. The zero-order valence-corrected chi connectivity index (χ0v) is 11.6. The van der Waals surface area contributed by atoms with Gasteiger partial charge in [0.25, 0.3) is 0 Å². The molecule has 0 atom stereocenters. The molecule has 0 amide bonds. The van der Waals surface area contributed by atoms with Crippen LogP contribution in [0.4, 0.5) is 5.69 Å². The second-order valence-corrected chi connectivity index (χ2v) is 5.26. The van der Waals surface area contributed by atoms with E-state index in [-0.39, 0.29) is 0 Å². The highest BCUT2D eigenvalue weighted by molar-refractivity contribution is 6.33. The first-order valence-electron chi connectivity index (χ1n) is 6.72. The lowest BCUT2D eigenvalue weighted by Gasteiger charge is -2.36. The average molecular weight is 263 g/mol. The molecule has 1 saturated carbocycles. The number of hydrogen-bond acceptors (Lipinski definition) is 2. The minimum Gasteiger partial charge on any atom is -0.368 e. The fraction of sp³-hybridized carbons (Fsp3) is 0.533. The van der Waals surface area contributed by atoms with Gasteiger partial charge in [-0.05, 0) is 38.0 Å². The number of hydrogen-bond donors (Lipinski definition) is 0. The highest BCUT2D eigenvalue weighted by Gasteiger charge is 2.21. The summed E-state index contributed by atoms with van der Waals surface area (Å²) in [5.41, 5.74) is 1.70. The number of anilines is 1. The quantitative estimate of drug-likeness (QED) is 0.809. The molecule has 1 aliphatic carbocycles. The maximum Gasteiger partial charge on any atom is 0.0992 e. The molecule has 2 rings (SSSR count). The molecule has 0 heterocycles. The number of nitriles is 1. The molecule has 1 aliphatic rings. The average Bonchev–Trinajstić information content (AvgIpc) is 2.42. The summed E-state index contributed by atoms with van der Waals surface area (Å²) in [6.07, 6.45) is 6.49. The van der Waals surface area contributed by atoms with Gasteiger partial charge in [0.2, 0.25) is 0 Å². The molecule has 0 aliphatic heterocycles. The van der Waals surface area contributed by atoms with Crippen molar-refractivity contribution in [3.8, 4) is 6.07 Å². The highest BCUT2D eigenvalue weighted by atomic mass is 35.5. The maximum absolute atomic E-state index is 8.88. The van der Waals surface area contributed by atoms with Gasteiger partial charge >= 0.3 is 0 Å². The van der Waals surface area contributed by atoms with Crippen LogP contribution in [0.2, 0.25) is 5.02 Å². The lowest BCUT2D eigenvalue weighted by Crippen LogP contribution is -2.36. The molecule has 0 bridgehead atoms. The third-order valence-corrected chi connectivity index (χ3v) is 4.05. The normalized spacial score (nSPS) is 16.3. The van der Waals surface area contributed by atoms with Crippen LogP contribution < -0.4 is 4.90 Å². The van der Waals surface area contributed by atoms with Gasteiger partial charge in [-0.2, -0.15) is 5.26 Å². The van der Waals surface area contributed by atoms with Gasteiger partial charge in [0.05, 0.1) is 22.3 Å². The maximum atomic E-state index is 8.88. The molecule has 0 aromatic heterocycles. The molecule has 1 aromatic rings. The summed E-state index contributed by atoms with van der Waals surface area (Å²) in [5.74, 6) is 0. The molecule has 0 radical (unpaired) electrons. The van der Waals surface area contributed by atoms with Crippen molar-refractivity contribution >= 4 is 17.3 Å². The van der Waals surface area contributed by atoms with Crippen molar-refractivity contribution in [1.29, 1.82) is 5.26 Å². The van der Waals surface area contributed by atoms with Crippen LogP contribution in [0.15, 0.2) is 18.2 Å². The molecule has 18 heavy (non-hydrogen) atoms. The predicted octanol–water partition coefficient (Wildman–Crippen LogP) is 4.37. The Hall–Kier alpha value is -1.20. The summed E-state index contributed by atoms with van der Waals surface area (Å²) in [5, 5.41) is 9.57. The van der Waals surface area contributed by atoms with Crippen LogP contribution in [0.25, 0.3) is 0 Å². The standard InChI is InChI=1S/C15H19ClN2/c1-2-18(13-6-4-3-5-7-13)15-9-8-12(11-17)10-14(15)16/h8-10,13H,2-7H2,1H3. The fourth-order valence-electron chi connectivity index (χ4n) is 2.83. The molecule has 1 fully saturated rings. The van der Waals surface area contributed by atoms with Crippen molar-refractivity contribution in [3.63, 3.8) is 0 Å². The second-order valence-electron chi connectivity index (χ2n) is 4.86. The zero-order chi connectivity index (χ0) is 13.0. The van der Waals surface area contributed by atoms with Crippen LogP contribution in [-0.4, -0.2) is 12.6 Å². The topological polar surface area (TPSA) is 27.0 Å². The number of halogens is 1. The Morgan fingerprint density at radius 2 is 2.06 bits per heavy atom. The van der Waals surface area contributed by atoms with Gasteiger partial charge in [-0.3, -0.25) is 0 Å². The summed E-state index contributed by atoms with van der Waals surface area (Å²) in [6, 6.07) is 8.34. The Kier molecular flexibility index (Phi) is 4.49. The molecule has 1 aromatic carbocycles. The van der Waals surface area contributed by atoms with E-state index in [1.54, 1.807) is 6.07 Å². The monoisotopic (exact) mass is 262 g/mol. The van der Waals surface area contributed by atoms with Gasteiger partial charge in [0, 0.05) is 12.6 Å². The van der Waals surface area contributed by atoms with Crippen LogP contribution in [0, 0.1) is 11.3 Å². The molecule has 0 spiro atoms. The van der Waals surface area contributed by atoms with E-state index in [1.807, 2.05) is 12.1 Å². The van der Waals surface area contributed by atoms with E-state index in [2.05, 4.69) is 17.9 Å². The van der Waals surface area contributed by atoms with E-state index in [4.69, 9.17) is 16.9 Å². The Labute approximate surface area is 114 Å². The summed E-state index contributed by atoms with van der Waals surface area (Å²) in [7, 11) is 0. The van der Waals surface area contributed by atoms with E-state index in [1.165, 1.54) is 32.1 Å². The van der Waals surface area contributed by atoms with Crippen molar-refractivity contribution in [1.82, 2.24) is 0 Å². The van der Waals surface area contributed by atoms with Gasteiger partial charge in [0.15, 0.2) is 0 Å². The lowest BCUT2D eigenvalue weighted by molar-refractivity contribution is 0.418. The van der Waals surface area contributed by atoms with Crippen LogP contribution in [0.1, 0.15) is 44.6 Å². The summed E-state index contributed by atoms with van der Waals surface area (Å²) in [6.45, 7) is 3.14. The van der Waals surface area contributed by atoms with Crippen molar-refractivity contribution in [2.45, 2.75) is 45.1 Å². The van der Waals surface area contributed by atoms with E-state index < -0.39 is 0 Å². The first-order chi connectivity index (χ1) is 8.76. The van der Waals surface area contributed by atoms with Gasteiger partial charge in [-0.25, -0.2) is 0 Å². The van der Waals surface area contributed by atoms with Crippen LogP contribution >= 0.6 is 11.6 Å². The van der Waals surface area contributed by atoms with Gasteiger partial charge < -0.3 is 4.90 Å². The highest BCUT2D eigenvalue weighted by Crippen LogP contribution is 2.32. The fourth-order valence-corrected chi connectivity index (χ4v) is 3.12. The Bertz CT molecular complexity index is 444. The van der Waals surface area contributed by atoms with Crippen molar-refractivity contribution < 1.29 is 0 Å². The van der Waals surface area contributed by atoms with Crippen LogP contribution in [0.5, 0.6) is 0 Å². The summed E-state index contributed by atoms with van der Waals surface area (Å²) < 4.78 is 0.